The summed E-state index contributed by atoms with van der Waals surface area (Å²) < 4.78 is 36.4. The first-order chi connectivity index (χ1) is 11.7. The molecule has 140 valence electrons. The molecule has 0 unspecified atom stereocenters. The second kappa shape index (κ2) is 8.40. The van der Waals surface area contributed by atoms with Gasteiger partial charge in [0, 0.05) is 30.3 Å². The molecule has 1 heterocycles. The fourth-order valence-electron chi connectivity index (χ4n) is 2.60. The van der Waals surface area contributed by atoms with Crippen molar-refractivity contribution >= 4 is 27.6 Å². The minimum atomic E-state index is -3.07. The Balaban J connectivity index is 1.95. The quantitative estimate of drug-likeness (QED) is 0.364. The van der Waals surface area contributed by atoms with Gasteiger partial charge in [0.15, 0.2) is 15.8 Å². The Hall–Kier alpha value is -1.28. The molecule has 0 saturated carbocycles. The highest BCUT2D eigenvalue weighted by Crippen LogP contribution is 2.24. The van der Waals surface area contributed by atoms with Crippen LogP contribution in [0.5, 0.6) is 0 Å². The van der Waals surface area contributed by atoms with E-state index in [2.05, 4.69) is 10.3 Å². The van der Waals surface area contributed by atoms with Crippen molar-refractivity contribution in [2.45, 2.75) is 30.4 Å². The molecular weight excluding hydrogens is 361 g/mol. The molecule has 0 bridgehead atoms. The van der Waals surface area contributed by atoms with E-state index in [9.17, 15) is 12.8 Å². The summed E-state index contributed by atoms with van der Waals surface area (Å²) in [5, 5.41) is 3.25. The highest BCUT2D eigenvalue weighted by atomic mass is 32.2. The molecule has 5 nitrogen and oxygen atoms in total. The Bertz CT molecular complexity index is 703. The van der Waals surface area contributed by atoms with Gasteiger partial charge < -0.3 is 10.2 Å². The standard InChI is InChI=1S/C17H26FN3O2S2/c1-4-19-16(21-10-12-25(22,23)17(2,3)13-21)20-9-11-24-15-7-5-14(18)6-8-15/h5-8H,4,9-13H2,1-3H3,(H,19,20). The van der Waals surface area contributed by atoms with Gasteiger partial charge in [0.2, 0.25) is 0 Å². The summed E-state index contributed by atoms with van der Waals surface area (Å²) in [4.78, 5) is 7.65. The van der Waals surface area contributed by atoms with E-state index in [1.54, 1.807) is 37.7 Å². The van der Waals surface area contributed by atoms with Crippen LogP contribution in [0, 0.1) is 5.82 Å². The number of hydrogen-bond donors (Lipinski definition) is 1. The van der Waals surface area contributed by atoms with Gasteiger partial charge >= 0.3 is 0 Å². The first kappa shape index (κ1) is 20.0. The van der Waals surface area contributed by atoms with Crippen LogP contribution in [0.25, 0.3) is 0 Å². The molecule has 1 aromatic carbocycles. The zero-order valence-electron chi connectivity index (χ0n) is 15.0. The number of thioether (sulfide) groups is 1. The molecule has 0 atom stereocenters. The predicted octanol–water partition coefficient (Wildman–Crippen LogP) is 2.39. The number of guanidine groups is 1. The molecule has 1 fully saturated rings. The van der Waals surface area contributed by atoms with Crippen LogP contribution in [-0.2, 0) is 9.84 Å². The van der Waals surface area contributed by atoms with E-state index >= 15 is 0 Å². The number of sulfone groups is 1. The van der Waals surface area contributed by atoms with Crippen LogP contribution < -0.4 is 5.32 Å². The third-order valence-corrected chi connectivity index (χ3v) is 7.64. The number of nitrogens with one attached hydrogen (secondary N) is 1. The van der Waals surface area contributed by atoms with Crippen molar-refractivity contribution in [3.05, 3.63) is 30.1 Å². The van der Waals surface area contributed by atoms with Crippen molar-refractivity contribution < 1.29 is 12.8 Å². The monoisotopic (exact) mass is 387 g/mol. The molecule has 0 aromatic heterocycles. The van der Waals surface area contributed by atoms with Gasteiger partial charge in [0.1, 0.15) is 5.82 Å². The van der Waals surface area contributed by atoms with Crippen molar-refractivity contribution in [1.29, 1.82) is 0 Å². The maximum absolute atomic E-state index is 12.9. The molecule has 0 amide bonds. The van der Waals surface area contributed by atoms with Crippen LogP contribution in [0.15, 0.2) is 34.2 Å². The summed E-state index contributed by atoms with van der Waals surface area (Å²) in [6.45, 7) is 7.76. The minimum absolute atomic E-state index is 0.148. The fourth-order valence-corrected chi connectivity index (χ4v) is 4.71. The number of halogens is 1. The molecule has 0 spiro atoms. The summed E-state index contributed by atoms with van der Waals surface area (Å²) in [6, 6.07) is 6.41. The average molecular weight is 388 g/mol. The van der Waals surface area contributed by atoms with Crippen LogP contribution in [0.2, 0.25) is 0 Å². The maximum atomic E-state index is 12.9. The van der Waals surface area contributed by atoms with Gasteiger partial charge in [-0.25, -0.2) is 12.8 Å². The maximum Gasteiger partial charge on any atom is 0.194 e. The number of benzene rings is 1. The van der Waals surface area contributed by atoms with Crippen LogP contribution in [-0.4, -0.2) is 61.7 Å². The van der Waals surface area contributed by atoms with Crippen molar-refractivity contribution in [1.82, 2.24) is 10.2 Å². The van der Waals surface area contributed by atoms with Gasteiger partial charge in [-0.2, -0.15) is 0 Å². The third kappa shape index (κ3) is 5.34. The summed E-state index contributed by atoms with van der Waals surface area (Å²) in [5.74, 6) is 1.44. The fraction of sp³-hybridized carbons (Fsp3) is 0.588. The molecule has 1 aliphatic heterocycles. The number of aliphatic imine (C=N–C) groups is 1. The van der Waals surface area contributed by atoms with Crippen molar-refractivity contribution in [2.24, 2.45) is 4.99 Å². The molecule has 2 rings (SSSR count). The smallest absolute Gasteiger partial charge is 0.194 e. The number of hydrogen-bond acceptors (Lipinski definition) is 4. The Morgan fingerprint density at radius 1 is 1.36 bits per heavy atom. The van der Waals surface area contributed by atoms with Crippen molar-refractivity contribution in [2.75, 3.05) is 37.7 Å². The number of nitrogens with zero attached hydrogens (tertiary/aromatic N) is 2. The zero-order valence-corrected chi connectivity index (χ0v) is 16.6. The molecule has 8 heteroatoms. The van der Waals surface area contributed by atoms with E-state index in [1.807, 2.05) is 11.8 Å². The molecule has 1 N–H and O–H groups in total. The summed E-state index contributed by atoms with van der Waals surface area (Å²) >= 11 is 1.62. The Morgan fingerprint density at radius 3 is 2.64 bits per heavy atom. The summed E-state index contributed by atoms with van der Waals surface area (Å²) in [7, 11) is -3.07. The zero-order chi connectivity index (χ0) is 18.5. The first-order valence-electron chi connectivity index (χ1n) is 8.39. The molecule has 1 saturated heterocycles. The van der Waals surface area contributed by atoms with Crippen molar-refractivity contribution in [3.63, 3.8) is 0 Å². The molecule has 1 aromatic rings. The molecular formula is C17H26FN3O2S2. The lowest BCUT2D eigenvalue weighted by Crippen LogP contribution is -2.57. The second-order valence-corrected chi connectivity index (χ2v) is 10.4. The third-order valence-electron chi connectivity index (χ3n) is 4.11. The van der Waals surface area contributed by atoms with E-state index < -0.39 is 14.6 Å². The SMILES string of the molecule is CCNC(=NCCSc1ccc(F)cc1)N1CCS(=O)(=O)C(C)(C)C1. The Kier molecular flexibility index (Phi) is 6.73. The predicted molar refractivity (Wildman–Crippen MR) is 103 cm³/mol. The average Bonchev–Trinajstić information content (AvgIpc) is 2.55. The van der Waals surface area contributed by atoms with Crippen molar-refractivity contribution in [3.8, 4) is 0 Å². The van der Waals surface area contributed by atoms with Gasteiger partial charge in [-0.05, 0) is 45.0 Å². The highest BCUT2D eigenvalue weighted by Gasteiger charge is 2.40. The normalized spacial score (nSPS) is 19.7. The van der Waals surface area contributed by atoms with E-state index in [4.69, 9.17) is 0 Å². The lowest BCUT2D eigenvalue weighted by Gasteiger charge is -2.39. The molecule has 0 radical (unpaired) electrons. The second-order valence-electron chi connectivity index (χ2n) is 6.54. The number of rotatable bonds is 5. The first-order valence-corrected chi connectivity index (χ1v) is 11.0. The van der Waals surface area contributed by atoms with Gasteiger partial charge in [0.05, 0.1) is 17.0 Å². The van der Waals surface area contributed by atoms with Gasteiger partial charge in [-0.3, -0.25) is 4.99 Å². The summed E-state index contributed by atoms with van der Waals surface area (Å²) in [5.41, 5.74) is 0. The van der Waals surface area contributed by atoms with Gasteiger partial charge in [-0.1, -0.05) is 0 Å². The highest BCUT2D eigenvalue weighted by molar-refractivity contribution is 7.99. The Labute approximate surface area is 154 Å². The minimum Gasteiger partial charge on any atom is -0.357 e. The molecule has 0 aliphatic carbocycles. The van der Waals surface area contributed by atoms with Crippen LogP contribution >= 0.6 is 11.8 Å². The Morgan fingerprint density at radius 2 is 2.04 bits per heavy atom. The molecule has 1 aliphatic rings. The topological polar surface area (TPSA) is 61.8 Å². The van der Waals surface area contributed by atoms with E-state index in [-0.39, 0.29) is 11.6 Å². The molecule has 25 heavy (non-hydrogen) atoms. The largest absolute Gasteiger partial charge is 0.357 e. The summed E-state index contributed by atoms with van der Waals surface area (Å²) in [6.07, 6.45) is 0. The van der Waals surface area contributed by atoms with Gasteiger partial charge in [0.25, 0.3) is 0 Å². The van der Waals surface area contributed by atoms with Crippen LogP contribution in [0.3, 0.4) is 0 Å². The van der Waals surface area contributed by atoms with E-state index in [0.717, 1.165) is 23.2 Å². The van der Waals surface area contributed by atoms with Gasteiger partial charge in [-0.15, -0.1) is 11.8 Å². The van der Waals surface area contributed by atoms with E-state index in [0.29, 0.717) is 19.6 Å². The lowest BCUT2D eigenvalue weighted by molar-refractivity contribution is 0.353. The lowest BCUT2D eigenvalue weighted by atomic mass is 10.2. The van der Waals surface area contributed by atoms with E-state index in [1.165, 1.54) is 12.1 Å². The van der Waals surface area contributed by atoms with Crippen LogP contribution in [0.1, 0.15) is 20.8 Å². The van der Waals surface area contributed by atoms with Crippen LogP contribution in [0.4, 0.5) is 4.39 Å².